The van der Waals surface area contributed by atoms with Crippen LogP contribution in [0.5, 0.6) is 0 Å². The largest absolute Gasteiger partial charge is 0.394 e. The van der Waals surface area contributed by atoms with Crippen molar-refractivity contribution in [3.05, 3.63) is 0 Å². The molecule has 0 aromatic carbocycles. The van der Waals surface area contributed by atoms with Crippen LogP contribution in [0.2, 0.25) is 0 Å². The fourth-order valence-electron chi connectivity index (χ4n) is 13.1. The Kier molecular flexibility index (Phi) is 10.6. The Bertz CT molecular complexity index is 1300. The molecule has 14 nitrogen and oxygen atoms in total. The van der Waals surface area contributed by atoms with Gasteiger partial charge in [0.2, 0.25) is 0 Å². The number of hydrogen-bond acceptors (Lipinski definition) is 14. The summed E-state index contributed by atoms with van der Waals surface area (Å²) in [4.78, 5) is 0. The molecule has 1 spiro atoms. The molecule has 53 heavy (non-hydrogen) atoms. The fraction of sp³-hybridized carbons (Fsp3) is 1.00. The molecule has 8 fully saturated rings. The zero-order valence-corrected chi connectivity index (χ0v) is 31.6. The van der Waals surface area contributed by atoms with Gasteiger partial charge in [0.25, 0.3) is 0 Å². The third-order valence-corrected chi connectivity index (χ3v) is 16.3. The van der Waals surface area contributed by atoms with Crippen LogP contribution >= 0.6 is 0 Å². The zero-order chi connectivity index (χ0) is 37.8. The van der Waals surface area contributed by atoms with Crippen molar-refractivity contribution in [2.24, 2.45) is 52.3 Å². The van der Waals surface area contributed by atoms with Crippen molar-refractivity contribution in [3.63, 3.8) is 0 Å². The second-order valence-corrected chi connectivity index (χ2v) is 18.8. The maximum atomic E-state index is 12.2. The molecule has 8 aliphatic rings. The van der Waals surface area contributed by atoms with Crippen LogP contribution in [0.3, 0.4) is 0 Å². The quantitative estimate of drug-likeness (QED) is 0.173. The summed E-state index contributed by atoms with van der Waals surface area (Å²) in [6, 6.07) is 0. The lowest BCUT2D eigenvalue weighted by Gasteiger charge is -2.62. The molecule has 0 unspecified atom stereocenters. The van der Waals surface area contributed by atoms with Gasteiger partial charge < -0.3 is 69.3 Å². The SMILES string of the molecule is C[C@@H]1CC[C@@]2(OC1)O[C@H]1C[C@H]3[C@H]4CC[C@@H]5C[C@@H](O[C@@H]6O[C@H](CO)[C@H](O)[C@H](O)[C@H]6O[C@@H]6O[C@H](CO)[C@@H](O)[C@H](O)[C@H]6O)CC[C@]5(C)[C@H]4C[C@@H](O)[C@]3(C)[C@H]1[C@@H]2C. The Morgan fingerprint density at radius 3 is 2.08 bits per heavy atom. The van der Waals surface area contributed by atoms with E-state index in [-0.39, 0.29) is 34.9 Å². The first-order valence-corrected chi connectivity index (χ1v) is 20.4. The van der Waals surface area contributed by atoms with Crippen molar-refractivity contribution in [1.29, 1.82) is 0 Å². The van der Waals surface area contributed by atoms with Crippen LogP contribution < -0.4 is 0 Å². The minimum Gasteiger partial charge on any atom is -0.394 e. The zero-order valence-electron chi connectivity index (χ0n) is 31.6. The number of hydrogen-bond donors (Lipinski definition) is 8. The van der Waals surface area contributed by atoms with Gasteiger partial charge >= 0.3 is 0 Å². The van der Waals surface area contributed by atoms with Crippen molar-refractivity contribution >= 4 is 0 Å². The predicted octanol–water partition coefficient (Wildman–Crippen LogP) is 0.413. The molecule has 0 aromatic heterocycles. The third kappa shape index (κ3) is 6.11. The first kappa shape index (κ1) is 39.3. The van der Waals surface area contributed by atoms with Crippen molar-refractivity contribution in [1.82, 2.24) is 0 Å². The van der Waals surface area contributed by atoms with Gasteiger partial charge in [0.05, 0.1) is 38.1 Å². The fourth-order valence-corrected chi connectivity index (χ4v) is 13.1. The van der Waals surface area contributed by atoms with E-state index in [1.54, 1.807) is 0 Å². The predicted molar refractivity (Wildman–Crippen MR) is 184 cm³/mol. The lowest BCUT2D eigenvalue weighted by Crippen LogP contribution is -2.65. The highest BCUT2D eigenvalue weighted by Crippen LogP contribution is 2.71. The van der Waals surface area contributed by atoms with Gasteiger partial charge in [-0.3, -0.25) is 0 Å². The first-order valence-electron chi connectivity index (χ1n) is 20.4. The Balaban J connectivity index is 0.957. The Morgan fingerprint density at radius 1 is 0.698 bits per heavy atom. The highest BCUT2D eigenvalue weighted by molar-refractivity contribution is 5.18. The monoisotopic (exact) mass is 756 g/mol. The second-order valence-electron chi connectivity index (χ2n) is 18.8. The van der Waals surface area contributed by atoms with E-state index in [9.17, 15) is 40.9 Å². The van der Waals surface area contributed by atoms with E-state index in [0.29, 0.717) is 36.0 Å². The van der Waals surface area contributed by atoms with E-state index < -0.39 is 86.5 Å². The number of fused-ring (bicyclic) bond motifs is 7. The van der Waals surface area contributed by atoms with Crippen molar-refractivity contribution < 1.29 is 69.3 Å². The van der Waals surface area contributed by atoms with Gasteiger partial charge in [0.1, 0.15) is 48.8 Å². The standard InChI is InChI=1S/C39H64O14/c1-17-7-10-39(48-16-17)18(2)28-24(53-39)12-23-21-6-5-19-11-20(8-9-37(19,3)22(21)13-27(42)38(23,28)4)49-36-34(32(46)30(44)26(15-41)51-36)52-35-33(47)31(45)29(43)25(14-40)50-35/h17-36,40-47H,5-16H2,1-4H3/t17-,18+,19-,20+,21+,22+,23+,24+,25-,26-,27-,28+,29-,30+,31+,32+,33-,34-,35+,36-,37+,38-,39-/m1/s1. The lowest BCUT2D eigenvalue weighted by atomic mass is 9.43. The van der Waals surface area contributed by atoms with E-state index in [4.69, 9.17) is 28.4 Å². The number of ether oxygens (including phenoxy) is 6. The first-order chi connectivity index (χ1) is 25.2. The molecule has 4 saturated heterocycles. The van der Waals surface area contributed by atoms with Crippen LogP contribution in [0, 0.1) is 52.3 Å². The van der Waals surface area contributed by atoms with E-state index in [0.717, 1.165) is 58.0 Å². The summed E-state index contributed by atoms with van der Waals surface area (Å²) >= 11 is 0. The molecule has 0 amide bonds. The van der Waals surface area contributed by atoms with Crippen LogP contribution in [-0.2, 0) is 28.4 Å². The maximum absolute atomic E-state index is 12.2. The van der Waals surface area contributed by atoms with E-state index >= 15 is 0 Å². The second kappa shape index (κ2) is 14.4. The van der Waals surface area contributed by atoms with E-state index in [1.807, 2.05) is 0 Å². The minimum absolute atomic E-state index is 0.0118. The topological polar surface area (TPSA) is 217 Å². The van der Waals surface area contributed by atoms with Gasteiger partial charge in [-0.25, -0.2) is 0 Å². The van der Waals surface area contributed by atoms with E-state index in [1.165, 1.54) is 0 Å². The molecule has 0 aromatic rings. The van der Waals surface area contributed by atoms with Crippen LogP contribution in [-0.4, -0.2) is 146 Å². The Morgan fingerprint density at radius 2 is 1.40 bits per heavy atom. The lowest BCUT2D eigenvalue weighted by molar-refractivity contribution is -0.373. The molecule has 0 bridgehead atoms. The Hall–Kier alpha value is -0.560. The molecule has 14 heteroatoms. The molecule has 8 rings (SSSR count). The van der Waals surface area contributed by atoms with Crippen LogP contribution in [0.15, 0.2) is 0 Å². The smallest absolute Gasteiger partial charge is 0.187 e. The van der Waals surface area contributed by atoms with Gasteiger partial charge in [-0.05, 0) is 86.4 Å². The molecule has 23 atom stereocenters. The molecule has 4 aliphatic heterocycles. The highest BCUT2D eigenvalue weighted by atomic mass is 16.8. The summed E-state index contributed by atoms with van der Waals surface area (Å²) < 4.78 is 37.3. The molecule has 4 heterocycles. The van der Waals surface area contributed by atoms with Gasteiger partial charge in [-0.15, -0.1) is 0 Å². The van der Waals surface area contributed by atoms with Crippen LogP contribution in [0.25, 0.3) is 0 Å². The minimum atomic E-state index is -1.73. The molecule has 304 valence electrons. The third-order valence-electron chi connectivity index (χ3n) is 16.3. The maximum Gasteiger partial charge on any atom is 0.187 e. The molecule has 4 aliphatic carbocycles. The summed E-state index contributed by atoms with van der Waals surface area (Å²) in [6.07, 6.45) is -7.33. The van der Waals surface area contributed by atoms with Crippen molar-refractivity contribution in [2.75, 3.05) is 19.8 Å². The van der Waals surface area contributed by atoms with Gasteiger partial charge in [-0.2, -0.15) is 0 Å². The van der Waals surface area contributed by atoms with Crippen LogP contribution in [0.1, 0.15) is 85.5 Å². The molecule has 4 saturated carbocycles. The number of aliphatic hydroxyl groups is 8. The summed E-state index contributed by atoms with van der Waals surface area (Å²) in [7, 11) is 0. The summed E-state index contributed by atoms with van der Waals surface area (Å²) in [5.41, 5.74) is -0.240. The average Bonchev–Trinajstić information content (AvgIpc) is 3.59. The van der Waals surface area contributed by atoms with E-state index in [2.05, 4.69) is 27.7 Å². The van der Waals surface area contributed by atoms with Crippen molar-refractivity contribution in [3.8, 4) is 0 Å². The number of aliphatic hydroxyl groups excluding tert-OH is 8. The highest BCUT2D eigenvalue weighted by Gasteiger charge is 2.71. The summed E-state index contributed by atoms with van der Waals surface area (Å²) in [5, 5.41) is 84.9. The summed E-state index contributed by atoms with van der Waals surface area (Å²) in [6.45, 7) is 8.75. The normalized spacial score (nSPS) is 59.5. The van der Waals surface area contributed by atoms with Crippen LogP contribution in [0.4, 0.5) is 0 Å². The van der Waals surface area contributed by atoms with Crippen molar-refractivity contribution in [2.45, 2.75) is 171 Å². The summed E-state index contributed by atoms with van der Waals surface area (Å²) in [5.74, 6) is 2.03. The Labute approximate surface area is 312 Å². The van der Waals surface area contributed by atoms with Gasteiger partial charge in [-0.1, -0.05) is 27.7 Å². The average molecular weight is 757 g/mol. The molecular weight excluding hydrogens is 692 g/mol. The number of rotatable bonds is 6. The molecular formula is C39H64O14. The van der Waals surface area contributed by atoms with Gasteiger partial charge in [0.15, 0.2) is 18.4 Å². The molecule has 8 N–H and O–H groups in total. The van der Waals surface area contributed by atoms with Gasteiger partial charge in [0, 0.05) is 23.7 Å². The molecule has 0 radical (unpaired) electrons.